The summed E-state index contributed by atoms with van der Waals surface area (Å²) in [6.45, 7) is 0.123. The molecule has 0 saturated heterocycles. The molecule has 124 valence electrons. The fourth-order valence-corrected chi connectivity index (χ4v) is 3.78. The molecule has 6 nitrogen and oxygen atoms in total. The van der Waals surface area contributed by atoms with Crippen molar-refractivity contribution in [3.8, 4) is 0 Å². The van der Waals surface area contributed by atoms with Gasteiger partial charge in [-0.05, 0) is 49.2 Å². The van der Waals surface area contributed by atoms with Crippen LogP contribution in [-0.2, 0) is 16.6 Å². The number of hydrogen-bond donors (Lipinski definition) is 1. The number of fused-ring (bicyclic) bond motifs is 1. The Morgan fingerprint density at radius 1 is 1.21 bits per heavy atom. The lowest BCUT2D eigenvalue weighted by molar-refractivity contribution is 0.575. The number of sulfonamides is 1. The lowest BCUT2D eigenvalue weighted by atomic mass is 10.4. The summed E-state index contributed by atoms with van der Waals surface area (Å²) in [5.74, 6) is 0.684. The molecule has 2 aromatic heterocycles. The van der Waals surface area contributed by atoms with Crippen LogP contribution in [0.3, 0.4) is 0 Å². The smallest absolute Gasteiger partial charge is 0.240 e. The highest BCUT2D eigenvalue weighted by molar-refractivity contribution is 7.89. The minimum atomic E-state index is -3.62. The Labute approximate surface area is 144 Å². The third-order valence-electron chi connectivity index (χ3n) is 3.98. The number of nitrogens with one attached hydrogen (secondary N) is 1. The standard InChI is InChI=1S/C16H15ClN4O2S/c17-11-3-7-13(8-4-11)24(22,23)19-10-15-20-14-2-1-9-18-16(14)21(15)12-5-6-12/h1-4,7-9,12,19H,5-6,10H2. The first-order valence-corrected chi connectivity index (χ1v) is 9.48. The lowest BCUT2D eigenvalue weighted by Crippen LogP contribution is -2.25. The van der Waals surface area contributed by atoms with E-state index in [0.29, 0.717) is 16.9 Å². The van der Waals surface area contributed by atoms with Gasteiger partial charge < -0.3 is 4.57 Å². The molecule has 0 spiro atoms. The molecule has 0 radical (unpaired) electrons. The van der Waals surface area contributed by atoms with Crippen molar-refractivity contribution in [2.45, 2.75) is 30.3 Å². The van der Waals surface area contributed by atoms with Gasteiger partial charge in [0.05, 0.1) is 11.4 Å². The molecular formula is C16H15ClN4O2S. The zero-order valence-electron chi connectivity index (χ0n) is 12.7. The van der Waals surface area contributed by atoms with Gasteiger partial charge in [-0.25, -0.2) is 23.1 Å². The van der Waals surface area contributed by atoms with Crippen LogP contribution in [0.1, 0.15) is 24.7 Å². The van der Waals surface area contributed by atoms with E-state index in [1.807, 2.05) is 16.7 Å². The maximum Gasteiger partial charge on any atom is 0.240 e. The van der Waals surface area contributed by atoms with Crippen molar-refractivity contribution in [2.24, 2.45) is 0 Å². The summed E-state index contributed by atoms with van der Waals surface area (Å²) in [6, 6.07) is 10.2. The SMILES string of the molecule is O=S(=O)(NCc1nc2cccnc2n1C1CC1)c1ccc(Cl)cc1. The van der Waals surface area contributed by atoms with E-state index in [1.165, 1.54) is 12.1 Å². The first-order valence-electron chi connectivity index (χ1n) is 7.62. The van der Waals surface area contributed by atoms with Crippen LogP contribution in [0.2, 0.25) is 5.02 Å². The predicted molar refractivity (Wildman–Crippen MR) is 91.3 cm³/mol. The summed E-state index contributed by atoms with van der Waals surface area (Å²) in [5.41, 5.74) is 1.59. The van der Waals surface area contributed by atoms with E-state index in [4.69, 9.17) is 11.6 Å². The van der Waals surface area contributed by atoms with Crippen LogP contribution in [-0.4, -0.2) is 23.0 Å². The van der Waals surface area contributed by atoms with Crippen molar-refractivity contribution in [2.75, 3.05) is 0 Å². The van der Waals surface area contributed by atoms with E-state index < -0.39 is 10.0 Å². The average Bonchev–Trinajstić information content (AvgIpc) is 3.34. The van der Waals surface area contributed by atoms with Gasteiger partial charge in [-0.3, -0.25) is 0 Å². The van der Waals surface area contributed by atoms with Crippen molar-refractivity contribution >= 4 is 32.8 Å². The number of nitrogens with zero attached hydrogens (tertiary/aromatic N) is 3. The van der Waals surface area contributed by atoms with Crippen LogP contribution in [0, 0.1) is 0 Å². The van der Waals surface area contributed by atoms with Crippen LogP contribution < -0.4 is 4.72 Å². The fourth-order valence-electron chi connectivity index (χ4n) is 2.67. The van der Waals surface area contributed by atoms with Crippen LogP contribution in [0.5, 0.6) is 0 Å². The van der Waals surface area contributed by atoms with E-state index in [0.717, 1.165) is 24.0 Å². The molecule has 1 fully saturated rings. The van der Waals surface area contributed by atoms with Crippen molar-refractivity contribution in [3.63, 3.8) is 0 Å². The summed E-state index contributed by atoms with van der Waals surface area (Å²) in [7, 11) is -3.62. The quantitative estimate of drug-likeness (QED) is 0.757. The van der Waals surface area contributed by atoms with Gasteiger partial charge in [0.25, 0.3) is 0 Å². The third-order valence-corrected chi connectivity index (χ3v) is 5.65. The second-order valence-electron chi connectivity index (χ2n) is 5.75. The van der Waals surface area contributed by atoms with Gasteiger partial charge in [-0.15, -0.1) is 0 Å². The van der Waals surface area contributed by atoms with E-state index in [9.17, 15) is 8.42 Å². The number of rotatable bonds is 5. The van der Waals surface area contributed by atoms with E-state index in [1.54, 1.807) is 18.3 Å². The summed E-state index contributed by atoms with van der Waals surface area (Å²) >= 11 is 5.81. The van der Waals surface area contributed by atoms with E-state index >= 15 is 0 Å². The number of aromatic nitrogens is 3. The molecule has 1 aromatic carbocycles. The molecule has 0 amide bonds. The van der Waals surface area contributed by atoms with Gasteiger partial charge in [0, 0.05) is 17.3 Å². The highest BCUT2D eigenvalue weighted by Gasteiger charge is 2.29. The molecule has 0 unspecified atom stereocenters. The normalized spacial score (nSPS) is 15.0. The molecule has 2 heterocycles. The Kier molecular flexibility index (Phi) is 3.79. The molecule has 0 atom stereocenters. The molecule has 3 aromatic rings. The summed E-state index contributed by atoms with van der Waals surface area (Å²) in [6.07, 6.45) is 3.86. The molecule has 1 aliphatic carbocycles. The maximum atomic E-state index is 12.4. The Balaban J connectivity index is 1.63. The number of benzene rings is 1. The van der Waals surface area contributed by atoms with E-state index in [-0.39, 0.29) is 11.4 Å². The molecule has 4 rings (SSSR count). The van der Waals surface area contributed by atoms with Gasteiger partial charge in [-0.2, -0.15) is 0 Å². The molecular weight excluding hydrogens is 348 g/mol. The van der Waals surface area contributed by atoms with Gasteiger partial charge in [0.15, 0.2) is 5.65 Å². The second kappa shape index (κ2) is 5.84. The first kappa shape index (κ1) is 15.6. The van der Waals surface area contributed by atoms with Gasteiger partial charge in [0.1, 0.15) is 11.3 Å². The Bertz CT molecular complexity index is 995. The summed E-state index contributed by atoms with van der Waals surface area (Å²) < 4.78 is 29.5. The van der Waals surface area contributed by atoms with Crippen molar-refractivity contribution in [1.82, 2.24) is 19.3 Å². The molecule has 0 bridgehead atoms. The topological polar surface area (TPSA) is 76.9 Å². The van der Waals surface area contributed by atoms with Gasteiger partial charge >= 0.3 is 0 Å². The molecule has 1 N–H and O–H groups in total. The van der Waals surface area contributed by atoms with Crippen LogP contribution >= 0.6 is 11.6 Å². The molecule has 24 heavy (non-hydrogen) atoms. The highest BCUT2D eigenvalue weighted by Crippen LogP contribution is 2.38. The van der Waals surface area contributed by atoms with Crippen molar-refractivity contribution in [1.29, 1.82) is 0 Å². The molecule has 1 saturated carbocycles. The number of halogens is 1. The number of hydrogen-bond acceptors (Lipinski definition) is 4. The lowest BCUT2D eigenvalue weighted by Gasteiger charge is -2.09. The summed E-state index contributed by atoms with van der Waals surface area (Å²) in [4.78, 5) is 9.10. The van der Waals surface area contributed by atoms with Gasteiger partial charge in [-0.1, -0.05) is 11.6 Å². The third kappa shape index (κ3) is 2.90. The maximum absolute atomic E-state index is 12.4. The molecule has 8 heteroatoms. The van der Waals surface area contributed by atoms with Crippen LogP contribution in [0.25, 0.3) is 11.2 Å². The van der Waals surface area contributed by atoms with Crippen LogP contribution in [0.4, 0.5) is 0 Å². The van der Waals surface area contributed by atoms with Crippen molar-refractivity contribution < 1.29 is 8.42 Å². The zero-order chi connectivity index (χ0) is 16.7. The molecule has 1 aliphatic rings. The second-order valence-corrected chi connectivity index (χ2v) is 7.96. The first-order chi connectivity index (χ1) is 11.5. The molecule has 0 aliphatic heterocycles. The summed E-state index contributed by atoms with van der Waals surface area (Å²) in [5, 5.41) is 0.496. The number of pyridine rings is 1. The zero-order valence-corrected chi connectivity index (χ0v) is 14.3. The minimum absolute atomic E-state index is 0.123. The Morgan fingerprint density at radius 3 is 2.67 bits per heavy atom. The average molecular weight is 363 g/mol. The fraction of sp³-hybridized carbons (Fsp3) is 0.250. The highest BCUT2D eigenvalue weighted by atomic mass is 35.5. The van der Waals surface area contributed by atoms with Crippen LogP contribution in [0.15, 0.2) is 47.5 Å². The Morgan fingerprint density at radius 2 is 1.96 bits per heavy atom. The Hall–Kier alpha value is -1.96. The van der Waals surface area contributed by atoms with E-state index in [2.05, 4.69) is 14.7 Å². The predicted octanol–water partition coefficient (Wildman–Crippen LogP) is 2.90. The minimum Gasteiger partial charge on any atom is -0.308 e. The number of imidazole rings is 1. The largest absolute Gasteiger partial charge is 0.308 e. The van der Waals surface area contributed by atoms with Gasteiger partial charge in [0.2, 0.25) is 10.0 Å². The monoisotopic (exact) mass is 362 g/mol. The van der Waals surface area contributed by atoms with Crippen molar-refractivity contribution in [3.05, 3.63) is 53.4 Å².